The molecule has 1 saturated heterocycles. The predicted molar refractivity (Wildman–Crippen MR) is 73.5 cm³/mol. The highest BCUT2D eigenvalue weighted by molar-refractivity contribution is 5.99. The van der Waals surface area contributed by atoms with Crippen LogP contribution < -0.4 is 5.32 Å². The molecule has 1 aromatic heterocycles. The summed E-state index contributed by atoms with van der Waals surface area (Å²) in [4.78, 5) is 30.9. The van der Waals surface area contributed by atoms with Gasteiger partial charge in [0.15, 0.2) is 0 Å². The van der Waals surface area contributed by atoms with Crippen molar-refractivity contribution in [1.29, 1.82) is 0 Å². The number of hydrogen-bond acceptors (Lipinski definition) is 3. The first-order valence-corrected chi connectivity index (χ1v) is 7.02. The second-order valence-corrected chi connectivity index (χ2v) is 6.09. The lowest BCUT2D eigenvalue weighted by Gasteiger charge is -2.44. The van der Waals surface area contributed by atoms with E-state index in [-0.39, 0.29) is 17.9 Å². The highest BCUT2D eigenvalue weighted by Gasteiger charge is 2.50. The van der Waals surface area contributed by atoms with Crippen LogP contribution in [0, 0.1) is 5.92 Å². The average molecular weight is 273 g/mol. The molecule has 20 heavy (non-hydrogen) atoms. The largest absolute Gasteiger partial charge is 0.342 e. The van der Waals surface area contributed by atoms with Crippen LogP contribution in [0.15, 0.2) is 24.4 Å². The summed E-state index contributed by atoms with van der Waals surface area (Å²) in [5.74, 6) is 0.251. The number of aromatic nitrogens is 1. The van der Waals surface area contributed by atoms with E-state index >= 15 is 0 Å². The molecule has 1 N–H and O–H groups in total. The molecule has 5 heteroatoms. The van der Waals surface area contributed by atoms with Gasteiger partial charge in [0.25, 0.3) is 0 Å². The van der Waals surface area contributed by atoms with E-state index in [2.05, 4.69) is 10.3 Å². The van der Waals surface area contributed by atoms with Crippen molar-refractivity contribution in [3.8, 4) is 0 Å². The van der Waals surface area contributed by atoms with Crippen LogP contribution in [-0.4, -0.2) is 33.3 Å². The molecule has 5 nitrogen and oxygen atoms in total. The van der Waals surface area contributed by atoms with Crippen molar-refractivity contribution in [3.05, 3.63) is 30.1 Å². The summed E-state index contributed by atoms with van der Waals surface area (Å²) in [7, 11) is 0. The monoisotopic (exact) mass is 273 g/mol. The Bertz CT molecular complexity index is 537. The number of rotatable bonds is 3. The summed E-state index contributed by atoms with van der Waals surface area (Å²) in [5, 5.41) is 2.88. The molecule has 1 aromatic rings. The molecule has 0 radical (unpaired) electrons. The molecular formula is C15H19N3O2. The van der Waals surface area contributed by atoms with Crippen LogP contribution in [0.3, 0.4) is 0 Å². The van der Waals surface area contributed by atoms with Crippen molar-refractivity contribution in [2.24, 2.45) is 5.92 Å². The van der Waals surface area contributed by atoms with Gasteiger partial charge < -0.3 is 10.2 Å². The van der Waals surface area contributed by atoms with Crippen LogP contribution in [0.2, 0.25) is 0 Å². The molecule has 0 spiro atoms. The van der Waals surface area contributed by atoms with E-state index < -0.39 is 5.54 Å². The van der Waals surface area contributed by atoms with Crippen LogP contribution in [0.4, 0.5) is 0 Å². The Labute approximate surface area is 118 Å². The lowest BCUT2D eigenvalue weighted by molar-refractivity contribution is -0.156. The van der Waals surface area contributed by atoms with Gasteiger partial charge in [-0.25, -0.2) is 0 Å². The second kappa shape index (κ2) is 4.58. The van der Waals surface area contributed by atoms with Gasteiger partial charge in [0.2, 0.25) is 11.8 Å². The van der Waals surface area contributed by atoms with Gasteiger partial charge in [-0.05, 0) is 44.7 Å². The van der Waals surface area contributed by atoms with Crippen LogP contribution in [0.1, 0.15) is 32.4 Å². The van der Waals surface area contributed by atoms with Crippen molar-refractivity contribution in [2.75, 3.05) is 0 Å². The van der Waals surface area contributed by atoms with E-state index in [1.54, 1.807) is 24.9 Å². The molecule has 1 unspecified atom stereocenters. The van der Waals surface area contributed by atoms with Crippen molar-refractivity contribution >= 4 is 11.8 Å². The average Bonchev–Trinajstić information content (AvgIpc) is 3.25. The van der Waals surface area contributed by atoms with Gasteiger partial charge in [-0.3, -0.25) is 14.6 Å². The fourth-order valence-corrected chi connectivity index (χ4v) is 2.62. The molecule has 106 valence electrons. The van der Waals surface area contributed by atoms with Gasteiger partial charge in [0, 0.05) is 6.20 Å². The number of hydrogen-bond donors (Lipinski definition) is 1. The fourth-order valence-electron chi connectivity index (χ4n) is 2.62. The number of nitrogens with zero attached hydrogens (tertiary/aromatic N) is 2. The summed E-state index contributed by atoms with van der Waals surface area (Å²) in [6.07, 6.45) is 3.75. The molecule has 2 heterocycles. The lowest BCUT2D eigenvalue weighted by atomic mass is 9.93. The summed E-state index contributed by atoms with van der Waals surface area (Å²) in [6.45, 7) is 3.95. The number of piperazine rings is 1. The smallest absolute Gasteiger partial charge is 0.246 e. The molecule has 1 aliphatic carbocycles. The lowest BCUT2D eigenvalue weighted by Crippen LogP contribution is -2.68. The number of pyridine rings is 1. The summed E-state index contributed by atoms with van der Waals surface area (Å²) in [5.41, 5.74) is -0.0295. The van der Waals surface area contributed by atoms with Gasteiger partial charge >= 0.3 is 0 Å². The maximum Gasteiger partial charge on any atom is 0.246 e. The Morgan fingerprint density at radius 3 is 2.70 bits per heavy atom. The standard InChI is InChI=1S/C15H19N3O2/c1-15(2)14(20)17-12(10-6-7-10)13(19)18(15)9-11-5-3-4-8-16-11/h3-5,8,10,12H,6-7,9H2,1-2H3,(H,17,20). The molecule has 3 rings (SSSR count). The highest BCUT2D eigenvalue weighted by atomic mass is 16.2. The van der Waals surface area contributed by atoms with Gasteiger partial charge in [-0.15, -0.1) is 0 Å². The van der Waals surface area contributed by atoms with Gasteiger partial charge in [0.1, 0.15) is 11.6 Å². The first-order chi connectivity index (χ1) is 9.50. The van der Waals surface area contributed by atoms with Gasteiger partial charge in [-0.1, -0.05) is 6.07 Å². The predicted octanol–water partition coefficient (Wildman–Crippen LogP) is 1.10. The first-order valence-electron chi connectivity index (χ1n) is 7.02. The van der Waals surface area contributed by atoms with Crippen molar-refractivity contribution < 1.29 is 9.59 Å². The van der Waals surface area contributed by atoms with E-state index in [0.29, 0.717) is 12.5 Å². The molecular weight excluding hydrogens is 254 g/mol. The Morgan fingerprint density at radius 1 is 1.35 bits per heavy atom. The second-order valence-electron chi connectivity index (χ2n) is 6.09. The zero-order chi connectivity index (χ0) is 14.3. The van der Waals surface area contributed by atoms with E-state index in [1.165, 1.54) is 0 Å². The topological polar surface area (TPSA) is 62.3 Å². The maximum absolute atomic E-state index is 12.7. The first kappa shape index (κ1) is 13.1. The third-order valence-corrected chi connectivity index (χ3v) is 4.19. The Morgan fingerprint density at radius 2 is 2.10 bits per heavy atom. The third kappa shape index (κ3) is 2.17. The van der Waals surface area contributed by atoms with E-state index in [1.807, 2.05) is 18.2 Å². The summed E-state index contributed by atoms with van der Waals surface area (Å²) >= 11 is 0. The van der Waals surface area contributed by atoms with Crippen molar-refractivity contribution in [2.45, 2.75) is 44.8 Å². The molecule has 1 atom stereocenters. The van der Waals surface area contributed by atoms with E-state index in [0.717, 1.165) is 18.5 Å². The minimum atomic E-state index is -0.833. The number of amides is 2. The summed E-state index contributed by atoms with van der Waals surface area (Å²) < 4.78 is 0. The number of nitrogens with one attached hydrogen (secondary N) is 1. The molecule has 0 aromatic carbocycles. The zero-order valence-electron chi connectivity index (χ0n) is 11.8. The molecule has 2 amide bonds. The SMILES string of the molecule is CC1(C)C(=O)NC(C2CC2)C(=O)N1Cc1ccccn1. The van der Waals surface area contributed by atoms with E-state index in [9.17, 15) is 9.59 Å². The number of carbonyl (C=O) groups is 2. The van der Waals surface area contributed by atoms with Crippen LogP contribution >= 0.6 is 0 Å². The quantitative estimate of drug-likeness (QED) is 0.897. The maximum atomic E-state index is 12.7. The Kier molecular flexibility index (Phi) is 3.00. The molecule has 2 aliphatic rings. The van der Waals surface area contributed by atoms with E-state index in [4.69, 9.17) is 0 Å². The third-order valence-electron chi connectivity index (χ3n) is 4.19. The molecule has 0 bridgehead atoms. The summed E-state index contributed by atoms with van der Waals surface area (Å²) in [6, 6.07) is 5.26. The van der Waals surface area contributed by atoms with Crippen molar-refractivity contribution in [3.63, 3.8) is 0 Å². The van der Waals surface area contributed by atoms with Gasteiger partial charge in [0.05, 0.1) is 12.2 Å². The molecule has 1 saturated carbocycles. The minimum absolute atomic E-state index is 0.0164. The highest BCUT2D eigenvalue weighted by Crippen LogP contribution is 2.37. The normalized spacial score (nSPS) is 25.5. The van der Waals surface area contributed by atoms with Crippen LogP contribution in [0.5, 0.6) is 0 Å². The minimum Gasteiger partial charge on any atom is -0.342 e. The van der Waals surface area contributed by atoms with Crippen molar-refractivity contribution in [1.82, 2.24) is 15.2 Å². The molecule has 1 aliphatic heterocycles. The van der Waals surface area contributed by atoms with Gasteiger partial charge in [-0.2, -0.15) is 0 Å². The fraction of sp³-hybridized carbons (Fsp3) is 0.533. The molecule has 2 fully saturated rings. The Balaban J connectivity index is 1.87. The Hall–Kier alpha value is -1.91. The number of carbonyl (C=O) groups excluding carboxylic acids is 2. The van der Waals surface area contributed by atoms with Crippen LogP contribution in [0.25, 0.3) is 0 Å². The zero-order valence-corrected chi connectivity index (χ0v) is 11.8. The van der Waals surface area contributed by atoms with Crippen LogP contribution in [-0.2, 0) is 16.1 Å².